The Hall–Kier alpha value is -0.940. The van der Waals surface area contributed by atoms with E-state index in [0.29, 0.717) is 12.5 Å². The molecule has 0 saturated carbocycles. The summed E-state index contributed by atoms with van der Waals surface area (Å²) in [7, 11) is 0. The molecule has 1 aliphatic heterocycles. The summed E-state index contributed by atoms with van der Waals surface area (Å²) in [5, 5.41) is 8.36. The second-order valence-corrected chi connectivity index (χ2v) is 4.57. The van der Waals surface area contributed by atoms with Gasteiger partial charge in [0.25, 0.3) is 0 Å². The van der Waals surface area contributed by atoms with Gasteiger partial charge in [0, 0.05) is 30.4 Å². The van der Waals surface area contributed by atoms with Crippen molar-refractivity contribution in [1.82, 2.24) is 15.6 Å². The number of hydrogen-bond acceptors (Lipinski definition) is 4. The van der Waals surface area contributed by atoms with Crippen molar-refractivity contribution in [2.75, 3.05) is 6.54 Å². The van der Waals surface area contributed by atoms with Crippen LogP contribution in [0.1, 0.15) is 31.5 Å². The third-order valence-electron chi connectivity index (χ3n) is 2.65. The third kappa shape index (κ3) is 2.76. The van der Waals surface area contributed by atoms with Gasteiger partial charge in [-0.25, -0.2) is 4.98 Å². The van der Waals surface area contributed by atoms with Gasteiger partial charge < -0.3 is 10.6 Å². The molecule has 1 aromatic heterocycles. The van der Waals surface area contributed by atoms with Crippen LogP contribution in [-0.4, -0.2) is 23.5 Å². The minimum Gasteiger partial charge on any atom is -0.352 e. The van der Waals surface area contributed by atoms with Crippen LogP contribution in [0.5, 0.6) is 0 Å². The van der Waals surface area contributed by atoms with Crippen LogP contribution in [0, 0.1) is 0 Å². The molecule has 5 heteroatoms. The van der Waals surface area contributed by atoms with E-state index < -0.39 is 0 Å². The smallest absolute Gasteiger partial charge is 0.220 e. The van der Waals surface area contributed by atoms with Gasteiger partial charge in [-0.05, 0) is 13.3 Å². The minimum atomic E-state index is 0.170. The molecule has 2 unspecified atom stereocenters. The monoisotopic (exact) mass is 225 g/mol. The summed E-state index contributed by atoms with van der Waals surface area (Å²) in [6.45, 7) is 2.91. The van der Waals surface area contributed by atoms with E-state index in [1.54, 1.807) is 11.3 Å². The molecule has 0 radical (unpaired) electrons. The van der Waals surface area contributed by atoms with E-state index in [4.69, 9.17) is 0 Å². The Morgan fingerprint density at radius 3 is 3.27 bits per heavy atom. The first-order valence-corrected chi connectivity index (χ1v) is 6.11. The lowest BCUT2D eigenvalue weighted by Gasteiger charge is -2.15. The lowest BCUT2D eigenvalue weighted by Crippen LogP contribution is -2.36. The van der Waals surface area contributed by atoms with Gasteiger partial charge in [0.2, 0.25) is 5.91 Å². The highest BCUT2D eigenvalue weighted by Gasteiger charge is 2.20. The first kappa shape index (κ1) is 10.6. The lowest BCUT2D eigenvalue weighted by molar-refractivity contribution is -0.119. The highest BCUT2D eigenvalue weighted by atomic mass is 32.1. The summed E-state index contributed by atoms with van der Waals surface area (Å²) in [6.07, 6.45) is 1.60. The van der Waals surface area contributed by atoms with Crippen molar-refractivity contribution < 1.29 is 4.79 Å². The van der Waals surface area contributed by atoms with Crippen LogP contribution in [0.15, 0.2) is 10.9 Å². The van der Waals surface area contributed by atoms with Crippen LogP contribution in [-0.2, 0) is 4.79 Å². The maximum Gasteiger partial charge on any atom is 0.220 e. The molecule has 0 spiro atoms. The van der Waals surface area contributed by atoms with E-state index in [9.17, 15) is 4.79 Å². The molecule has 82 valence electrons. The van der Waals surface area contributed by atoms with E-state index in [1.165, 1.54) is 0 Å². The van der Waals surface area contributed by atoms with E-state index >= 15 is 0 Å². The van der Waals surface area contributed by atoms with Gasteiger partial charge in [-0.1, -0.05) is 0 Å². The summed E-state index contributed by atoms with van der Waals surface area (Å²) in [6, 6.07) is 0.548. The first-order valence-electron chi connectivity index (χ1n) is 5.16. The zero-order chi connectivity index (χ0) is 10.7. The Labute approximate surface area is 93.1 Å². The Morgan fingerprint density at radius 1 is 1.80 bits per heavy atom. The standard InChI is InChI=1S/C10H15N3OS/c1-7(9-5-15-6-12-9)11-4-8-2-3-10(14)13-8/h5-8,11H,2-4H2,1H3,(H,13,14). The molecule has 2 rings (SSSR count). The van der Waals surface area contributed by atoms with Crippen LogP contribution >= 0.6 is 11.3 Å². The molecule has 1 fully saturated rings. The molecular formula is C10H15N3OS. The number of amides is 1. The molecule has 1 aromatic rings. The molecule has 1 saturated heterocycles. The molecule has 2 N–H and O–H groups in total. The van der Waals surface area contributed by atoms with E-state index in [2.05, 4.69) is 22.5 Å². The van der Waals surface area contributed by atoms with Gasteiger partial charge >= 0.3 is 0 Å². The normalized spacial score (nSPS) is 22.7. The summed E-state index contributed by atoms with van der Waals surface area (Å²) in [5.41, 5.74) is 2.91. The second kappa shape index (κ2) is 4.72. The zero-order valence-electron chi connectivity index (χ0n) is 8.69. The van der Waals surface area contributed by atoms with Crippen molar-refractivity contribution in [3.8, 4) is 0 Å². The van der Waals surface area contributed by atoms with Crippen molar-refractivity contribution in [3.63, 3.8) is 0 Å². The fraction of sp³-hybridized carbons (Fsp3) is 0.600. The number of aromatic nitrogens is 1. The number of carbonyl (C=O) groups excluding carboxylic acids is 1. The second-order valence-electron chi connectivity index (χ2n) is 3.85. The molecule has 0 aliphatic carbocycles. The van der Waals surface area contributed by atoms with Crippen molar-refractivity contribution in [1.29, 1.82) is 0 Å². The number of nitrogens with one attached hydrogen (secondary N) is 2. The maximum atomic E-state index is 11.0. The Bertz CT molecular complexity index is 325. The van der Waals surface area contributed by atoms with Crippen LogP contribution < -0.4 is 10.6 Å². The molecule has 1 amide bonds. The van der Waals surface area contributed by atoms with Crippen LogP contribution in [0.3, 0.4) is 0 Å². The highest BCUT2D eigenvalue weighted by Crippen LogP contribution is 2.12. The van der Waals surface area contributed by atoms with Crippen molar-refractivity contribution in [3.05, 3.63) is 16.6 Å². The largest absolute Gasteiger partial charge is 0.352 e. The minimum absolute atomic E-state index is 0.170. The van der Waals surface area contributed by atoms with Crippen molar-refractivity contribution >= 4 is 17.2 Å². The number of nitrogens with zero attached hydrogens (tertiary/aromatic N) is 1. The van der Waals surface area contributed by atoms with Crippen LogP contribution in [0.2, 0.25) is 0 Å². The fourth-order valence-corrected chi connectivity index (χ4v) is 2.34. The average Bonchev–Trinajstić information content (AvgIpc) is 2.84. The topological polar surface area (TPSA) is 54.0 Å². The number of thiazole rings is 1. The van der Waals surface area contributed by atoms with Crippen LogP contribution in [0.4, 0.5) is 0 Å². The number of carbonyl (C=O) groups is 1. The SMILES string of the molecule is CC(NCC1CCC(=O)N1)c1cscn1. The lowest BCUT2D eigenvalue weighted by atomic mass is 10.2. The van der Waals surface area contributed by atoms with Crippen molar-refractivity contribution in [2.45, 2.75) is 31.8 Å². The molecule has 15 heavy (non-hydrogen) atoms. The maximum absolute atomic E-state index is 11.0. The van der Waals surface area contributed by atoms with Gasteiger partial charge in [0.15, 0.2) is 0 Å². The van der Waals surface area contributed by atoms with E-state index in [-0.39, 0.29) is 11.9 Å². The summed E-state index contributed by atoms with van der Waals surface area (Å²) in [5.74, 6) is 0.170. The Balaban J connectivity index is 1.76. The Kier molecular flexibility index (Phi) is 3.33. The van der Waals surface area contributed by atoms with Gasteiger partial charge in [-0.15, -0.1) is 11.3 Å². The molecule has 1 aliphatic rings. The highest BCUT2D eigenvalue weighted by molar-refractivity contribution is 7.07. The van der Waals surface area contributed by atoms with Gasteiger partial charge in [-0.2, -0.15) is 0 Å². The third-order valence-corrected chi connectivity index (χ3v) is 3.26. The molecular weight excluding hydrogens is 210 g/mol. The van der Waals surface area contributed by atoms with Gasteiger partial charge in [0.05, 0.1) is 11.2 Å². The van der Waals surface area contributed by atoms with Crippen molar-refractivity contribution in [2.24, 2.45) is 0 Å². The molecule has 2 heterocycles. The first-order chi connectivity index (χ1) is 7.25. The van der Waals surface area contributed by atoms with Gasteiger partial charge in [-0.3, -0.25) is 4.79 Å². The average molecular weight is 225 g/mol. The van der Waals surface area contributed by atoms with Gasteiger partial charge in [0.1, 0.15) is 0 Å². The number of rotatable bonds is 4. The fourth-order valence-electron chi connectivity index (χ4n) is 1.69. The van der Waals surface area contributed by atoms with E-state index in [1.807, 2.05) is 10.9 Å². The quantitative estimate of drug-likeness (QED) is 0.806. The summed E-state index contributed by atoms with van der Waals surface area (Å²) < 4.78 is 0. The summed E-state index contributed by atoms with van der Waals surface area (Å²) in [4.78, 5) is 15.2. The molecule has 0 bridgehead atoms. The molecule has 4 nitrogen and oxygen atoms in total. The Morgan fingerprint density at radius 2 is 2.67 bits per heavy atom. The zero-order valence-corrected chi connectivity index (χ0v) is 9.51. The van der Waals surface area contributed by atoms with Crippen LogP contribution in [0.25, 0.3) is 0 Å². The van der Waals surface area contributed by atoms with E-state index in [0.717, 1.165) is 18.7 Å². The predicted molar refractivity (Wildman–Crippen MR) is 59.7 cm³/mol. The predicted octanol–water partition coefficient (Wildman–Crippen LogP) is 1.07. The molecule has 2 atom stereocenters. The number of hydrogen-bond donors (Lipinski definition) is 2. The summed E-state index contributed by atoms with van der Waals surface area (Å²) >= 11 is 1.61. The molecule has 0 aromatic carbocycles.